The molecule has 2 atom stereocenters. The van der Waals surface area contributed by atoms with E-state index in [2.05, 4.69) is 6.07 Å². The lowest BCUT2D eigenvalue weighted by atomic mass is 9.78. The van der Waals surface area contributed by atoms with Gasteiger partial charge in [0.05, 0.1) is 12.0 Å². The molecular formula is C9H16N2O2. The van der Waals surface area contributed by atoms with Crippen molar-refractivity contribution in [3.8, 4) is 6.07 Å². The first-order valence-electron chi connectivity index (χ1n) is 4.17. The van der Waals surface area contributed by atoms with Crippen LogP contribution in [0.5, 0.6) is 0 Å². The van der Waals surface area contributed by atoms with E-state index < -0.39 is 12.0 Å². The third-order valence-corrected chi connectivity index (χ3v) is 2.01. The molecule has 0 fully saturated rings. The van der Waals surface area contributed by atoms with E-state index in [0.717, 1.165) is 0 Å². The summed E-state index contributed by atoms with van der Waals surface area (Å²) >= 11 is 0. The Morgan fingerprint density at radius 3 is 2.31 bits per heavy atom. The van der Waals surface area contributed by atoms with Gasteiger partial charge in [0.1, 0.15) is 6.04 Å². The molecule has 74 valence electrons. The fourth-order valence-corrected chi connectivity index (χ4v) is 0.955. The zero-order valence-electron chi connectivity index (χ0n) is 8.24. The third-order valence-electron chi connectivity index (χ3n) is 2.01. The number of carbonyl (C=O) groups is 1. The number of hydrogen-bond donors (Lipinski definition) is 2. The normalized spacial score (nSPS) is 15.9. The molecule has 1 unspecified atom stereocenters. The highest BCUT2D eigenvalue weighted by Gasteiger charge is 2.28. The van der Waals surface area contributed by atoms with Crippen LogP contribution in [0.2, 0.25) is 0 Å². The predicted molar refractivity (Wildman–Crippen MR) is 48.8 cm³/mol. The highest BCUT2D eigenvalue weighted by Crippen LogP contribution is 2.28. The van der Waals surface area contributed by atoms with Crippen LogP contribution in [0.1, 0.15) is 27.2 Å². The van der Waals surface area contributed by atoms with Gasteiger partial charge in [-0.15, -0.1) is 0 Å². The molecule has 0 aliphatic heterocycles. The van der Waals surface area contributed by atoms with Crippen molar-refractivity contribution in [1.82, 2.24) is 0 Å². The van der Waals surface area contributed by atoms with Gasteiger partial charge < -0.3 is 10.8 Å². The number of aliphatic carboxylic acids is 1. The highest BCUT2D eigenvalue weighted by atomic mass is 16.4. The molecule has 0 bridgehead atoms. The maximum Gasteiger partial charge on any atom is 0.320 e. The van der Waals surface area contributed by atoms with Gasteiger partial charge in [-0.1, -0.05) is 20.8 Å². The number of nitrogens with two attached hydrogens (primary N) is 1. The molecule has 3 N–H and O–H groups in total. The first kappa shape index (κ1) is 11.9. The Morgan fingerprint density at radius 2 is 2.08 bits per heavy atom. The van der Waals surface area contributed by atoms with Crippen LogP contribution in [0.3, 0.4) is 0 Å². The molecule has 0 aromatic heterocycles. The van der Waals surface area contributed by atoms with Crippen molar-refractivity contribution in [2.45, 2.75) is 33.2 Å². The van der Waals surface area contributed by atoms with Gasteiger partial charge in [-0.2, -0.15) is 5.26 Å². The van der Waals surface area contributed by atoms with Gasteiger partial charge in [0, 0.05) is 0 Å². The molecule has 0 rings (SSSR count). The van der Waals surface area contributed by atoms with Crippen LogP contribution in [0.25, 0.3) is 0 Å². The molecule has 4 heteroatoms. The standard InChI is InChI=1S/C9H16N2O2/c1-9(2,3)6(5-10)4-7(11)8(12)13/h6-7H,4,11H2,1-3H3,(H,12,13)/t6?,7-/m0/s1. The van der Waals surface area contributed by atoms with Crippen LogP contribution in [-0.2, 0) is 4.79 Å². The molecule has 0 aliphatic carbocycles. The minimum atomic E-state index is -1.05. The van der Waals surface area contributed by atoms with Gasteiger partial charge in [-0.25, -0.2) is 0 Å². The first-order valence-corrected chi connectivity index (χ1v) is 4.17. The van der Waals surface area contributed by atoms with Crippen molar-refractivity contribution in [3.05, 3.63) is 0 Å². The zero-order valence-corrected chi connectivity index (χ0v) is 8.24. The molecular weight excluding hydrogens is 168 g/mol. The number of carboxylic acids is 1. The lowest BCUT2D eigenvalue weighted by Crippen LogP contribution is -2.35. The summed E-state index contributed by atoms with van der Waals surface area (Å²) < 4.78 is 0. The minimum absolute atomic E-state index is 0.204. The quantitative estimate of drug-likeness (QED) is 0.684. The molecule has 0 amide bonds. The van der Waals surface area contributed by atoms with E-state index in [9.17, 15) is 4.79 Å². The van der Waals surface area contributed by atoms with E-state index >= 15 is 0 Å². The largest absolute Gasteiger partial charge is 0.480 e. The number of nitriles is 1. The molecule has 13 heavy (non-hydrogen) atoms. The smallest absolute Gasteiger partial charge is 0.320 e. The number of hydrogen-bond acceptors (Lipinski definition) is 3. The Labute approximate surface area is 78.3 Å². The van der Waals surface area contributed by atoms with Crippen LogP contribution in [0.4, 0.5) is 0 Å². The lowest BCUT2D eigenvalue weighted by Gasteiger charge is -2.25. The van der Waals surface area contributed by atoms with Gasteiger partial charge in [-0.3, -0.25) is 4.79 Å². The fourth-order valence-electron chi connectivity index (χ4n) is 0.955. The molecule has 0 heterocycles. The topological polar surface area (TPSA) is 87.1 Å². The van der Waals surface area contributed by atoms with Gasteiger partial charge in [0.2, 0.25) is 0 Å². The molecule has 4 nitrogen and oxygen atoms in total. The van der Waals surface area contributed by atoms with Crippen molar-refractivity contribution < 1.29 is 9.90 Å². The average molecular weight is 184 g/mol. The van der Waals surface area contributed by atoms with Crippen LogP contribution in [-0.4, -0.2) is 17.1 Å². The van der Waals surface area contributed by atoms with Crippen LogP contribution < -0.4 is 5.73 Å². The summed E-state index contributed by atoms with van der Waals surface area (Å²) in [6, 6.07) is 1.14. The highest BCUT2D eigenvalue weighted by molar-refractivity contribution is 5.73. The minimum Gasteiger partial charge on any atom is -0.480 e. The Morgan fingerprint density at radius 1 is 1.62 bits per heavy atom. The Hall–Kier alpha value is -1.08. The molecule has 0 aromatic rings. The van der Waals surface area contributed by atoms with Gasteiger partial charge >= 0.3 is 5.97 Å². The summed E-state index contributed by atoms with van der Waals surface area (Å²) in [7, 11) is 0. The van der Waals surface area contributed by atoms with E-state index in [1.165, 1.54) is 0 Å². The summed E-state index contributed by atoms with van der Waals surface area (Å²) in [6.45, 7) is 5.69. The second kappa shape index (κ2) is 4.24. The third kappa shape index (κ3) is 3.90. The van der Waals surface area contributed by atoms with E-state index in [-0.39, 0.29) is 17.8 Å². The number of rotatable bonds is 3. The Bertz CT molecular complexity index is 225. The molecule has 0 saturated carbocycles. The number of nitrogens with zero attached hydrogens (tertiary/aromatic N) is 1. The molecule has 0 spiro atoms. The Kier molecular flexibility index (Phi) is 3.89. The number of carboxylic acid groups (broad SMARTS) is 1. The second-order valence-corrected chi connectivity index (χ2v) is 4.23. The van der Waals surface area contributed by atoms with E-state index in [0.29, 0.717) is 0 Å². The Balaban J connectivity index is 4.33. The van der Waals surface area contributed by atoms with Gasteiger partial charge in [-0.05, 0) is 11.8 Å². The summed E-state index contributed by atoms with van der Waals surface area (Å²) in [6.07, 6.45) is 0.204. The molecule has 0 aliphatic rings. The van der Waals surface area contributed by atoms with E-state index in [1.54, 1.807) is 0 Å². The maximum atomic E-state index is 10.4. The van der Waals surface area contributed by atoms with Crippen molar-refractivity contribution >= 4 is 5.97 Å². The SMILES string of the molecule is CC(C)(C)C(C#N)C[C@H](N)C(=O)O. The van der Waals surface area contributed by atoms with E-state index in [1.807, 2.05) is 20.8 Å². The summed E-state index contributed by atoms with van der Waals surface area (Å²) in [5.74, 6) is -1.37. The van der Waals surface area contributed by atoms with Crippen molar-refractivity contribution in [1.29, 1.82) is 5.26 Å². The van der Waals surface area contributed by atoms with Gasteiger partial charge in [0.15, 0.2) is 0 Å². The second-order valence-electron chi connectivity index (χ2n) is 4.23. The maximum absolute atomic E-state index is 10.4. The zero-order chi connectivity index (χ0) is 10.6. The first-order chi connectivity index (χ1) is 5.79. The molecule has 0 aromatic carbocycles. The summed E-state index contributed by atoms with van der Waals surface area (Å²) in [4.78, 5) is 10.4. The van der Waals surface area contributed by atoms with Crippen molar-refractivity contribution in [3.63, 3.8) is 0 Å². The van der Waals surface area contributed by atoms with Gasteiger partial charge in [0.25, 0.3) is 0 Å². The van der Waals surface area contributed by atoms with Crippen LogP contribution in [0.15, 0.2) is 0 Å². The monoisotopic (exact) mass is 184 g/mol. The van der Waals surface area contributed by atoms with E-state index in [4.69, 9.17) is 16.1 Å². The summed E-state index contributed by atoms with van der Waals surface area (Å²) in [5.41, 5.74) is 5.12. The lowest BCUT2D eigenvalue weighted by molar-refractivity contribution is -0.139. The van der Waals surface area contributed by atoms with Crippen molar-refractivity contribution in [2.24, 2.45) is 17.1 Å². The van der Waals surface area contributed by atoms with Crippen molar-refractivity contribution in [2.75, 3.05) is 0 Å². The molecule has 0 saturated heterocycles. The fraction of sp³-hybridized carbons (Fsp3) is 0.778. The van der Waals surface area contributed by atoms with Crippen LogP contribution >= 0.6 is 0 Å². The molecule has 0 radical (unpaired) electrons. The average Bonchev–Trinajstić information content (AvgIpc) is 1.96. The predicted octanol–water partition coefficient (Wildman–Crippen LogP) is 0.974. The summed E-state index contributed by atoms with van der Waals surface area (Å²) in [5, 5.41) is 17.4. The van der Waals surface area contributed by atoms with Crippen LogP contribution in [0, 0.1) is 22.7 Å².